The van der Waals surface area contributed by atoms with Crippen molar-refractivity contribution in [2.45, 2.75) is 23.0 Å². The maximum Gasteiger partial charge on any atom is 0.417 e. The van der Waals surface area contributed by atoms with Gasteiger partial charge in [0.2, 0.25) is 0 Å². The van der Waals surface area contributed by atoms with Gasteiger partial charge in [-0.05, 0) is 17.9 Å². The predicted octanol–water partition coefficient (Wildman–Crippen LogP) is 4.15. The van der Waals surface area contributed by atoms with Gasteiger partial charge in [0.1, 0.15) is 5.03 Å². The van der Waals surface area contributed by atoms with E-state index in [0.717, 1.165) is 11.8 Å². The van der Waals surface area contributed by atoms with E-state index in [0.29, 0.717) is 11.1 Å². The summed E-state index contributed by atoms with van der Waals surface area (Å²) in [4.78, 5) is 20.5. The average Bonchev–Trinajstić information content (AvgIpc) is 2.49. The summed E-state index contributed by atoms with van der Waals surface area (Å²) in [6.07, 6.45) is -0.969. The predicted molar refractivity (Wildman–Crippen MR) is 85.1 cm³/mol. The molecule has 0 aliphatic heterocycles. The Hall–Kier alpha value is -1.74. The van der Waals surface area contributed by atoms with Crippen LogP contribution >= 0.6 is 24.4 Å². The van der Waals surface area contributed by atoms with Gasteiger partial charge in [-0.2, -0.15) is 13.2 Å². The number of alkyl halides is 3. The van der Waals surface area contributed by atoms with Crippen molar-refractivity contribution in [2.75, 3.05) is 11.1 Å². The van der Waals surface area contributed by atoms with Crippen molar-refractivity contribution in [3.8, 4) is 0 Å². The molecule has 0 aromatic carbocycles. The van der Waals surface area contributed by atoms with Gasteiger partial charge in [-0.15, -0.1) is 24.4 Å². The van der Waals surface area contributed by atoms with Gasteiger partial charge in [0.05, 0.1) is 16.8 Å². The van der Waals surface area contributed by atoms with Crippen molar-refractivity contribution < 1.29 is 18.0 Å². The van der Waals surface area contributed by atoms with Gasteiger partial charge in [-0.1, -0.05) is 6.92 Å². The van der Waals surface area contributed by atoms with Crippen LogP contribution in [-0.2, 0) is 6.18 Å². The molecular formula is C14H12F3N3OS2. The molecule has 2 heterocycles. The van der Waals surface area contributed by atoms with E-state index in [1.165, 1.54) is 18.0 Å². The summed E-state index contributed by atoms with van der Waals surface area (Å²) < 4.78 is 38.2. The zero-order valence-corrected chi connectivity index (χ0v) is 13.6. The molecule has 1 N–H and O–H groups in total. The molecule has 0 unspecified atom stereocenters. The zero-order chi connectivity index (χ0) is 17.0. The highest BCUT2D eigenvalue weighted by atomic mass is 32.2. The molecule has 0 atom stereocenters. The quantitative estimate of drug-likeness (QED) is 0.636. The molecule has 23 heavy (non-hydrogen) atoms. The number of thioether (sulfide) groups is 1. The first kappa shape index (κ1) is 17.6. The highest BCUT2D eigenvalue weighted by Gasteiger charge is 2.31. The normalized spacial score (nSPS) is 11.3. The number of hydrogen-bond acceptors (Lipinski definition) is 5. The second-order valence-corrected chi connectivity index (χ2v) is 6.08. The van der Waals surface area contributed by atoms with E-state index in [1.807, 2.05) is 6.92 Å². The fourth-order valence-corrected chi connectivity index (χ4v) is 2.67. The smallest absolute Gasteiger partial charge is 0.320 e. The van der Waals surface area contributed by atoms with Crippen LogP contribution in [0.15, 0.2) is 40.6 Å². The van der Waals surface area contributed by atoms with Crippen LogP contribution < -0.4 is 5.32 Å². The van der Waals surface area contributed by atoms with Gasteiger partial charge in [-0.25, -0.2) is 4.98 Å². The van der Waals surface area contributed by atoms with E-state index in [2.05, 4.69) is 27.9 Å². The molecule has 0 aliphatic carbocycles. The molecule has 0 spiro atoms. The molecule has 2 rings (SSSR count). The fourth-order valence-electron chi connectivity index (χ4n) is 1.73. The number of carbonyl (C=O) groups is 1. The number of aromatic nitrogens is 2. The topological polar surface area (TPSA) is 54.9 Å². The Morgan fingerprint density at radius 1 is 1.39 bits per heavy atom. The third kappa shape index (κ3) is 4.38. The van der Waals surface area contributed by atoms with Crippen LogP contribution in [0, 0.1) is 0 Å². The van der Waals surface area contributed by atoms with E-state index >= 15 is 0 Å². The summed E-state index contributed by atoms with van der Waals surface area (Å²) >= 11 is 5.42. The van der Waals surface area contributed by atoms with E-state index in [9.17, 15) is 18.0 Å². The lowest BCUT2D eigenvalue weighted by Crippen LogP contribution is -2.15. The molecule has 0 fully saturated rings. The lowest BCUT2D eigenvalue weighted by Gasteiger charge is -2.12. The maximum atomic E-state index is 12.7. The first-order chi connectivity index (χ1) is 10.8. The number of carbonyl (C=O) groups excluding carboxylic acids is 1. The van der Waals surface area contributed by atoms with E-state index < -0.39 is 17.6 Å². The Balaban J connectivity index is 2.31. The van der Waals surface area contributed by atoms with Gasteiger partial charge >= 0.3 is 6.18 Å². The second kappa shape index (κ2) is 7.22. The summed E-state index contributed by atoms with van der Waals surface area (Å²) in [5.41, 5.74) is -0.783. The third-order valence-corrected chi connectivity index (χ3v) is 4.08. The molecular weight excluding hydrogens is 347 g/mol. The number of amides is 1. The summed E-state index contributed by atoms with van der Waals surface area (Å²) in [5, 5.41) is 2.41. The number of anilines is 1. The first-order valence-electron chi connectivity index (χ1n) is 6.47. The number of nitrogens with zero attached hydrogens (tertiary/aromatic N) is 2. The van der Waals surface area contributed by atoms with Gasteiger partial charge in [0.15, 0.2) is 0 Å². The number of nitrogens with one attached hydrogen (secondary N) is 1. The minimum absolute atomic E-state index is 0.0000603. The van der Waals surface area contributed by atoms with Gasteiger partial charge in [0, 0.05) is 23.5 Å². The molecule has 2 aromatic rings. The van der Waals surface area contributed by atoms with Crippen LogP contribution in [-0.4, -0.2) is 21.6 Å². The average molecular weight is 359 g/mol. The standard InChI is InChI=1S/C14H12F3N3OS2/c1-2-23-11-3-4-18-7-9(11)12(21)20-10-5-8(14(15,16)17)6-19-13(10)22/h3-7H,2H2,1H3,(H,19,22)(H,20,21). The number of rotatable bonds is 4. The largest absolute Gasteiger partial charge is 0.417 e. The molecule has 1 amide bonds. The van der Waals surface area contributed by atoms with E-state index in [4.69, 9.17) is 0 Å². The SMILES string of the molecule is CCSc1ccncc1C(=O)Nc1cc(C(F)(F)F)cnc1S. The Morgan fingerprint density at radius 3 is 2.78 bits per heavy atom. The fraction of sp³-hybridized carbons (Fsp3) is 0.214. The third-order valence-electron chi connectivity index (χ3n) is 2.77. The molecule has 0 saturated heterocycles. The monoisotopic (exact) mass is 359 g/mol. The Bertz CT molecular complexity index is 723. The van der Waals surface area contributed by atoms with Crippen LogP contribution in [0.1, 0.15) is 22.8 Å². The summed E-state index contributed by atoms with van der Waals surface area (Å²) in [7, 11) is 0. The highest BCUT2D eigenvalue weighted by molar-refractivity contribution is 7.99. The van der Waals surface area contributed by atoms with Crippen molar-refractivity contribution >= 4 is 36.0 Å². The lowest BCUT2D eigenvalue weighted by molar-refractivity contribution is -0.137. The summed E-state index contributed by atoms with van der Waals surface area (Å²) in [6.45, 7) is 1.93. The summed E-state index contributed by atoms with van der Waals surface area (Å²) in [6, 6.07) is 2.48. The van der Waals surface area contributed by atoms with Crippen molar-refractivity contribution in [2.24, 2.45) is 0 Å². The maximum absolute atomic E-state index is 12.7. The zero-order valence-electron chi connectivity index (χ0n) is 11.9. The van der Waals surface area contributed by atoms with Gasteiger partial charge in [-0.3, -0.25) is 9.78 Å². The minimum Gasteiger partial charge on any atom is -0.320 e. The van der Waals surface area contributed by atoms with E-state index in [-0.39, 0.29) is 16.3 Å². The van der Waals surface area contributed by atoms with Crippen molar-refractivity contribution in [1.29, 1.82) is 0 Å². The minimum atomic E-state index is -4.55. The molecule has 2 aromatic heterocycles. The van der Waals surface area contributed by atoms with Gasteiger partial charge in [0.25, 0.3) is 5.91 Å². The molecule has 9 heteroatoms. The number of hydrogen-bond donors (Lipinski definition) is 2. The molecule has 0 bridgehead atoms. The van der Waals surface area contributed by atoms with Gasteiger partial charge < -0.3 is 5.32 Å². The van der Waals surface area contributed by atoms with Crippen LogP contribution in [0.4, 0.5) is 18.9 Å². The molecule has 0 radical (unpaired) electrons. The highest BCUT2D eigenvalue weighted by Crippen LogP contribution is 2.32. The van der Waals surface area contributed by atoms with E-state index in [1.54, 1.807) is 12.3 Å². The molecule has 0 aliphatic rings. The molecule has 4 nitrogen and oxygen atoms in total. The Morgan fingerprint density at radius 2 is 2.13 bits per heavy atom. The number of pyridine rings is 2. The summed E-state index contributed by atoms with van der Waals surface area (Å²) in [5.74, 6) is 0.179. The number of halogens is 3. The van der Waals surface area contributed by atoms with Crippen molar-refractivity contribution in [3.05, 3.63) is 41.9 Å². The van der Waals surface area contributed by atoms with Crippen LogP contribution in [0.2, 0.25) is 0 Å². The lowest BCUT2D eigenvalue weighted by atomic mass is 10.2. The molecule has 122 valence electrons. The van der Waals surface area contributed by atoms with Crippen LogP contribution in [0.5, 0.6) is 0 Å². The van der Waals surface area contributed by atoms with Crippen LogP contribution in [0.25, 0.3) is 0 Å². The molecule has 0 saturated carbocycles. The Labute approximate surface area is 140 Å². The van der Waals surface area contributed by atoms with Crippen molar-refractivity contribution in [1.82, 2.24) is 9.97 Å². The number of thiol groups is 1. The second-order valence-electron chi connectivity index (χ2n) is 4.35. The van der Waals surface area contributed by atoms with Crippen LogP contribution in [0.3, 0.4) is 0 Å². The Kier molecular flexibility index (Phi) is 5.53. The first-order valence-corrected chi connectivity index (χ1v) is 7.90. The van der Waals surface area contributed by atoms with Crippen molar-refractivity contribution in [3.63, 3.8) is 0 Å².